The highest BCUT2D eigenvalue weighted by molar-refractivity contribution is 5.97. The molecule has 1 aliphatic rings. The summed E-state index contributed by atoms with van der Waals surface area (Å²) in [6.45, 7) is 0.245. The van der Waals surface area contributed by atoms with Crippen molar-refractivity contribution in [2.45, 2.75) is 0 Å². The first-order valence-electron chi connectivity index (χ1n) is 5.62. The first-order chi connectivity index (χ1) is 8.93. The zero-order valence-corrected chi connectivity index (χ0v) is 9.38. The fourth-order valence-corrected chi connectivity index (χ4v) is 2.22. The van der Waals surface area contributed by atoms with Crippen LogP contribution in [0.1, 0.15) is 0 Å². The zero-order chi connectivity index (χ0) is 11.9. The van der Waals surface area contributed by atoms with Gasteiger partial charge in [0.2, 0.25) is 6.79 Å². The quantitative estimate of drug-likeness (QED) is 0.708. The number of H-pyrrole nitrogens is 1. The number of benzene rings is 2. The molecule has 0 amide bonds. The molecule has 3 aromatic rings. The maximum atomic E-state index is 5.56. The lowest BCUT2D eigenvalue weighted by atomic mass is 10.0. The first kappa shape index (κ1) is 9.47. The molecule has 18 heavy (non-hydrogen) atoms. The molecule has 5 heteroatoms. The third-order valence-corrected chi connectivity index (χ3v) is 3.02. The molecule has 4 rings (SSSR count). The average Bonchev–Trinajstić information content (AvgIpc) is 3.04. The van der Waals surface area contributed by atoms with Crippen LogP contribution in [0.15, 0.2) is 36.4 Å². The van der Waals surface area contributed by atoms with E-state index in [1.807, 2.05) is 36.4 Å². The molecule has 0 atom stereocenters. The van der Waals surface area contributed by atoms with Crippen LogP contribution in [0.3, 0.4) is 0 Å². The Morgan fingerprint density at radius 2 is 2.00 bits per heavy atom. The number of aromatic nitrogens is 3. The van der Waals surface area contributed by atoms with E-state index >= 15 is 0 Å². The minimum atomic E-state index is 0.245. The van der Waals surface area contributed by atoms with Gasteiger partial charge in [0.25, 0.3) is 0 Å². The van der Waals surface area contributed by atoms with Crippen LogP contribution in [0.4, 0.5) is 0 Å². The van der Waals surface area contributed by atoms with Gasteiger partial charge in [-0.2, -0.15) is 0 Å². The third-order valence-electron chi connectivity index (χ3n) is 3.02. The highest BCUT2D eigenvalue weighted by Crippen LogP contribution is 2.45. The van der Waals surface area contributed by atoms with E-state index in [1.165, 1.54) is 0 Å². The van der Waals surface area contributed by atoms with Gasteiger partial charge in [-0.05, 0) is 5.56 Å². The zero-order valence-electron chi connectivity index (χ0n) is 9.38. The van der Waals surface area contributed by atoms with Gasteiger partial charge < -0.3 is 9.47 Å². The molecule has 0 fully saturated rings. The largest absolute Gasteiger partial charge is 0.453 e. The number of hydrogen-bond donors (Lipinski definition) is 1. The summed E-state index contributed by atoms with van der Waals surface area (Å²) in [5, 5.41) is 10.8. The Hall–Kier alpha value is -2.56. The standard InChI is InChI=1S/C13H9N3O2/c1-2-4-8(5-3-1)11-12-9(14-16-15-12)6-10-13(11)18-7-17-10/h1-6H,7H2,(H,14,15,16). The van der Waals surface area contributed by atoms with E-state index in [1.54, 1.807) is 0 Å². The summed E-state index contributed by atoms with van der Waals surface area (Å²) in [7, 11) is 0. The maximum absolute atomic E-state index is 5.56. The van der Waals surface area contributed by atoms with Gasteiger partial charge in [-0.15, -0.1) is 5.10 Å². The van der Waals surface area contributed by atoms with Gasteiger partial charge in [-0.25, -0.2) is 0 Å². The lowest BCUT2D eigenvalue weighted by Gasteiger charge is -2.06. The molecule has 2 aromatic carbocycles. The molecule has 1 aromatic heterocycles. The summed E-state index contributed by atoms with van der Waals surface area (Å²) in [4.78, 5) is 0. The van der Waals surface area contributed by atoms with Crippen molar-refractivity contribution in [2.75, 3.05) is 6.79 Å². The Morgan fingerprint density at radius 3 is 2.89 bits per heavy atom. The van der Waals surface area contributed by atoms with Gasteiger partial charge in [0.05, 0.1) is 11.1 Å². The third kappa shape index (κ3) is 1.21. The number of rotatable bonds is 1. The van der Waals surface area contributed by atoms with Crippen molar-refractivity contribution in [3.63, 3.8) is 0 Å². The van der Waals surface area contributed by atoms with E-state index in [-0.39, 0.29) is 6.79 Å². The molecule has 2 heterocycles. The van der Waals surface area contributed by atoms with Crippen LogP contribution < -0.4 is 9.47 Å². The molecule has 88 valence electrons. The highest BCUT2D eigenvalue weighted by Gasteiger charge is 2.23. The Morgan fingerprint density at radius 1 is 1.11 bits per heavy atom. The second-order valence-electron chi connectivity index (χ2n) is 4.06. The van der Waals surface area contributed by atoms with Gasteiger partial charge in [-0.3, -0.25) is 5.10 Å². The molecule has 0 spiro atoms. The van der Waals surface area contributed by atoms with Crippen molar-refractivity contribution in [3.05, 3.63) is 36.4 Å². The normalized spacial score (nSPS) is 13.1. The Labute approximate surface area is 102 Å². The molecule has 0 saturated carbocycles. The van der Waals surface area contributed by atoms with E-state index in [0.717, 1.165) is 33.7 Å². The van der Waals surface area contributed by atoms with Crippen LogP contribution in [-0.4, -0.2) is 22.2 Å². The number of nitrogens with zero attached hydrogens (tertiary/aromatic N) is 2. The summed E-state index contributed by atoms with van der Waals surface area (Å²) in [6.07, 6.45) is 0. The Balaban J connectivity index is 2.12. The highest BCUT2D eigenvalue weighted by atomic mass is 16.7. The predicted octanol–water partition coefficient (Wildman–Crippen LogP) is 2.35. The number of fused-ring (bicyclic) bond motifs is 2. The lowest BCUT2D eigenvalue weighted by Crippen LogP contribution is -1.93. The SMILES string of the molecule is c1ccc(-c2c3c(cc4[nH]nnc24)OCO3)cc1. The number of hydrogen-bond acceptors (Lipinski definition) is 4. The summed E-state index contributed by atoms with van der Waals surface area (Å²) < 4.78 is 11.0. The molecular weight excluding hydrogens is 230 g/mol. The van der Waals surface area contributed by atoms with Crippen LogP contribution in [0, 0.1) is 0 Å². The van der Waals surface area contributed by atoms with Crippen molar-refractivity contribution in [2.24, 2.45) is 0 Å². The van der Waals surface area contributed by atoms with E-state index in [9.17, 15) is 0 Å². The van der Waals surface area contributed by atoms with Crippen molar-refractivity contribution in [1.29, 1.82) is 0 Å². The van der Waals surface area contributed by atoms with Crippen LogP contribution in [0.25, 0.3) is 22.2 Å². The monoisotopic (exact) mass is 239 g/mol. The fraction of sp³-hybridized carbons (Fsp3) is 0.0769. The van der Waals surface area contributed by atoms with Gasteiger partial charge in [-0.1, -0.05) is 35.5 Å². The van der Waals surface area contributed by atoms with Crippen LogP contribution in [0.2, 0.25) is 0 Å². The van der Waals surface area contributed by atoms with Crippen molar-refractivity contribution in [3.8, 4) is 22.6 Å². The number of nitrogens with one attached hydrogen (secondary N) is 1. The molecule has 0 saturated heterocycles. The minimum Gasteiger partial charge on any atom is -0.453 e. The summed E-state index contributed by atoms with van der Waals surface area (Å²) >= 11 is 0. The van der Waals surface area contributed by atoms with Crippen molar-refractivity contribution >= 4 is 11.0 Å². The van der Waals surface area contributed by atoms with Crippen LogP contribution in [0.5, 0.6) is 11.5 Å². The van der Waals surface area contributed by atoms with Gasteiger partial charge in [0.1, 0.15) is 5.52 Å². The Bertz CT molecular complexity index is 722. The summed E-state index contributed by atoms with van der Waals surface area (Å²) in [6, 6.07) is 11.8. The summed E-state index contributed by atoms with van der Waals surface area (Å²) in [5.41, 5.74) is 3.61. The van der Waals surface area contributed by atoms with Crippen molar-refractivity contribution in [1.82, 2.24) is 15.4 Å². The smallest absolute Gasteiger partial charge is 0.231 e. The molecular formula is C13H9N3O2. The van der Waals surface area contributed by atoms with Gasteiger partial charge >= 0.3 is 0 Å². The molecule has 0 unspecified atom stereocenters. The average molecular weight is 239 g/mol. The molecule has 0 radical (unpaired) electrons. The lowest BCUT2D eigenvalue weighted by molar-refractivity contribution is 0.174. The maximum Gasteiger partial charge on any atom is 0.231 e. The summed E-state index contributed by atoms with van der Waals surface area (Å²) in [5.74, 6) is 1.47. The van der Waals surface area contributed by atoms with E-state index in [4.69, 9.17) is 9.47 Å². The number of ether oxygens (including phenoxy) is 2. The molecule has 5 nitrogen and oxygen atoms in total. The van der Waals surface area contributed by atoms with E-state index < -0.39 is 0 Å². The fourth-order valence-electron chi connectivity index (χ4n) is 2.22. The molecule has 0 bridgehead atoms. The second-order valence-corrected chi connectivity index (χ2v) is 4.06. The minimum absolute atomic E-state index is 0.245. The van der Waals surface area contributed by atoms with Crippen LogP contribution in [-0.2, 0) is 0 Å². The topological polar surface area (TPSA) is 60.0 Å². The first-order valence-corrected chi connectivity index (χ1v) is 5.62. The molecule has 0 aliphatic carbocycles. The second kappa shape index (κ2) is 3.46. The molecule has 1 aliphatic heterocycles. The Kier molecular flexibility index (Phi) is 1.82. The van der Waals surface area contributed by atoms with E-state index in [0.29, 0.717) is 0 Å². The number of aromatic amines is 1. The van der Waals surface area contributed by atoms with Crippen molar-refractivity contribution < 1.29 is 9.47 Å². The molecule has 1 N–H and O–H groups in total. The predicted molar refractivity (Wildman–Crippen MR) is 65.4 cm³/mol. The van der Waals surface area contributed by atoms with E-state index in [2.05, 4.69) is 15.4 Å². The van der Waals surface area contributed by atoms with Gasteiger partial charge in [0, 0.05) is 6.07 Å². The van der Waals surface area contributed by atoms with Crippen LogP contribution >= 0.6 is 0 Å². The van der Waals surface area contributed by atoms with Gasteiger partial charge in [0.15, 0.2) is 11.5 Å².